The summed E-state index contributed by atoms with van der Waals surface area (Å²) in [5.74, 6) is 1.51. The lowest BCUT2D eigenvalue weighted by Crippen LogP contribution is -2.42. The highest BCUT2D eigenvalue weighted by atomic mass is 16.5. The Hall–Kier alpha value is -3.02. The van der Waals surface area contributed by atoms with Gasteiger partial charge in [-0.1, -0.05) is 24.3 Å². The third-order valence-corrected chi connectivity index (χ3v) is 7.15. The zero-order chi connectivity index (χ0) is 22.2. The van der Waals surface area contributed by atoms with Crippen molar-refractivity contribution in [3.05, 3.63) is 59.2 Å². The van der Waals surface area contributed by atoms with Crippen LogP contribution in [0.3, 0.4) is 0 Å². The molecular formula is C26H30N2O4. The molecule has 2 fully saturated rings. The van der Waals surface area contributed by atoms with Crippen molar-refractivity contribution >= 4 is 11.8 Å². The monoisotopic (exact) mass is 434 g/mol. The first-order chi connectivity index (χ1) is 15.6. The summed E-state index contributed by atoms with van der Waals surface area (Å²) in [6.45, 7) is 2.35. The molecule has 6 nitrogen and oxygen atoms in total. The van der Waals surface area contributed by atoms with Crippen molar-refractivity contribution in [1.29, 1.82) is 0 Å². The van der Waals surface area contributed by atoms with Crippen LogP contribution in [0.15, 0.2) is 42.5 Å². The summed E-state index contributed by atoms with van der Waals surface area (Å²) in [4.78, 5) is 30.6. The van der Waals surface area contributed by atoms with Gasteiger partial charge in [0.05, 0.1) is 20.1 Å². The Labute approximate surface area is 189 Å². The smallest absolute Gasteiger partial charge is 0.228 e. The lowest BCUT2D eigenvalue weighted by Gasteiger charge is -2.32. The van der Waals surface area contributed by atoms with Crippen LogP contribution in [0.2, 0.25) is 0 Å². The average Bonchev–Trinajstić information content (AvgIpc) is 3.60. The molecule has 2 aromatic carbocycles. The lowest BCUT2D eigenvalue weighted by atomic mass is 9.86. The molecule has 0 radical (unpaired) electrons. The zero-order valence-electron chi connectivity index (χ0n) is 18.8. The maximum Gasteiger partial charge on any atom is 0.228 e. The van der Waals surface area contributed by atoms with E-state index >= 15 is 0 Å². The lowest BCUT2D eigenvalue weighted by molar-refractivity contribution is -0.137. The van der Waals surface area contributed by atoms with E-state index in [-0.39, 0.29) is 29.6 Å². The van der Waals surface area contributed by atoms with Crippen LogP contribution in [-0.2, 0) is 22.6 Å². The third-order valence-electron chi connectivity index (χ3n) is 7.15. The molecule has 3 aliphatic rings. The average molecular weight is 435 g/mol. The molecule has 2 aliphatic heterocycles. The molecular weight excluding hydrogens is 404 g/mol. The van der Waals surface area contributed by atoms with Gasteiger partial charge in [-0.15, -0.1) is 0 Å². The van der Waals surface area contributed by atoms with E-state index in [1.807, 2.05) is 34.1 Å². The summed E-state index contributed by atoms with van der Waals surface area (Å²) < 4.78 is 11.1. The molecule has 1 aliphatic carbocycles. The number of amides is 2. The normalized spacial score (nSPS) is 22.4. The first-order valence-corrected chi connectivity index (χ1v) is 11.4. The molecule has 0 bridgehead atoms. The van der Waals surface area contributed by atoms with E-state index in [0.717, 1.165) is 36.3 Å². The topological polar surface area (TPSA) is 59.1 Å². The number of carbonyl (C=O) groups excluding carboxylic acids is 2. The molecule has 1 saturated heterocycles. The van der Waals surface area contributed by atoms with Crippen LogP contribution in [0, 0.1) is 11.8 Å². The van der Waals surface area contributed by atoms with Crippen molar-refractivity contribution in [1.82, 2.24) is 9.80 Å². The summed E-state index contributed by atoms with van der Waals surface area (Å²) >= 11 is 0. The van der Waals surface area contributed by atoms with Crippen molar-refractivity contribution in [2.75, 3.05) is 33.9 Å². The van der Waals surface area contributed by atoms with Crippen molar-refractivity contribution in [3.8, 4) is 11.5 Å². The number of likely N-dealkylation sites (tertiary alicyclic amines) is 1. The number of hydrogen-bond donors (Lipinski definition) is 0. The van der Waals surface area contributed by atoms with E-state index in [2.05, 4.69) is 18.2 Å². The number of rotatable bonds is 5. The number of ether oxygens (including phenoxy) is 2. The molecule has 0 N–H and O–H groups in total. The summed E-state index contributed by atoms with van der Waals surface area (Å²) in [7, 11) is 3.28. The van der Waals surface area contributed by atoms with Gasteiger partial charge in [0.2, 0.25) is 11.8 Å². The second-order valence-electron chi connectivity index (χ2n) is 9.12. The van der Waals surface area contributed by atoms with Gasteiger partial charge in [0.1, 0.15) is 11.5 Å². The van der Waals surface area contributed by atoms with Crippen molar-refractivity contribution in [3.63, 3.8) is 0 Å². The van der Waals surface area contributed by atoms with Gasteiger partial charge in [-0.2, -0.15) is 0 Å². The highest BCUT2D eigenvalue weighted by molar-refractivity contribution is 5.85. The quantitative estimate of drug-likeness (QED) is 0.725. The number of nitrogens with zero attached hydrogens (tertiary/aromatic N) is 2. The first kappa shape index (κ1) is 20.9. The van der Waals surface area contributed by atoms with Crippen LogP contribution in [0.5, 0.6) is 11.5 Å². The Morgan fingerprint density at radius 3 is 2.41 bits per heavy atom. The van der Waals surface area contributed by atoms with E-state index in [1.165, 1.54) is 11.1 Å². The van der Waals surface area contributed by atoms with E-state index in [4.69, 9.17) is 9.47 Å². The van der Waals surface area contributed by atoms with Gasteiger partial charge in [-0.25, -0.2) is 0 Å². The number of benzene rings is 2. The molecule has 32 heavy (non-hydrogen) atoms. The summed E-state index contributed by atoms with van der Waals surface area (Å²) in [5, 5.41) is 0. The molecule has 2 atom stereocenters. The number of fused-ring (bicyclic) bond motifs is 1. The first-order valence-electron chi connectivity index (χ1n) is 11.4. The largest absolute Gasteiger partial charge is 0.497 e. The minimum absolute atomic E-state index is 0.118. The van der Waals surface area contributed by atoms with Gasteiger partial charge in [0.25, 0.3) is 0 Å². The molecule has 0 spiro atoms. The predicted molar refractivity (Wildman–Crippen MR) is 121 cm³/mol. The third kappa shape index (κ3) is 3.83. The molecule has 168 valence electrons. The van der Waals surface area contributed by atoms with E-state index in [9.17, 15) is 9.59 Å². The van der Waals surface area contributed by atoms with Gasteiger partial charge in [0.15, 0.2) is 0 Å². The van der Waals surface area contributed by atoms with E-state index < -0.39 is 0 Å². The standard InChI is InChI=1S/C26H30N2O4/c1-31-20-9-10-24(32-2)21(13-20)22-15-28(25(29)18-7-8-18)16-23(22)26(30)27-12-11-17-5-3-4-6-19(17)14-27/h3-6,9-10,13,18,22-23H,7-8,11-12,14-16H2,1-2H3. The summed E-state index contributed by atoms with van der Waals surface area (Å²) in [5.41, 5.74) is 3.47. The molecule has 0 aromatic heterocycles. The van der Waals surface area contributed by atoms with Crippen LogP contribution in [0.1, 0.15) is 35.4 Å². The fourth-order valence-corrected chi connectivity index (χ4v) is 5.19. The fraction of sp³-hybridized carbons (Fsp3) is 0.462. The molecule has 2 aromatic rings. The molecule has 2 unspecified atom stereocenters. The fourth-order valence-electron chi connectivity index (χ4n) is 5.19. The Morgan fingerprint density at radius 1 is 0.906 bits per heavy atom. The predicted octanol–water partition coefficient (Wildman–Crippen LogP) is 3.24. The molecule has 6 heteroatoms. The van der Waals surface area contributed by atoms with Crippen LogP contribution in [-0.4, -0.2) is 55.5 Å². The highest BCUT2D eigenvalue weighted by Crippen LogP contribution is 2.42. The van der Waals surface area contributed by atoms with Gasteiger partial charge in [0, 0.05) is 43.6 Å². The van der Waals surface area contributed by atoms with Gasteiger partial charge >= 0.3 is 0 Å². The van der Waals surface area contributed by atoms with E-state index in [0.29, 0.717) is 26.2 Å². The zero-order valence-corrected chi connectivity index (χ0v) is 18.8. The number of carbonyl (C=O) groups is 2. The maximum atomic E-state index is 13.8. The summed E-state index contributed by atoms with van der Waals surface area (Å²) in [6.07, 6.45) is 2.79. The van der Waals surface area contributed by atoms with Gasteiger partial charge in [-0.05, 0) is 48.6 Å². The highest BCUT2D eigenvalue weighted by Gasteiger charge is 2.46. The van der Waals surface area contributed by atoms with Crippen LogP contribution in [0.4, 0.5) is 0 Å². The minimum Gasteiger partial charge on any atom is -0.497 e. The molecule has 1 saturated carbocycles. The van der Waals surface area contributed by atoms with Crippen LogP contribution < -0.4 is 9.47 Å². The second kappa shape index (κ2) is 8.49. The number of hydrogen-bond acceptors (Lipinski definition) is 4. The maximum absolute atomic E-state index is 13.8. The number of methoxy groups -OCH3 is 2. The van der Waals surface area contributed by atoms with Gasteiger partial charge in [-0.3, -0.25) is 9.59 Å². The van der Waals surface area contributed by atoms with Crippen LogP contribution >= 0.6 is 0 Å². The van der Waals surface area contributed by atoms with Crippen molar-refractivity contribution in [2.45, 2.75) is 31.7 Å². The second-order valence-corrected chi connectivity index (χ2v) is 9.12. The van der Waals surface area contributed by atoms with E-state index in [1.54, 1.807) is 14.2 Å². The Balaban J connectivity index is 1.45. The Bertz CT molecular complexity index is 1030. The minimum atomic E-state index is -0.288. The van der Waals surface area contributed by atoms with Gasteiger partial charge < -0.3 is 19.3 Å². The van der Waals surface area contributed by atoms with Crippen LogP contribution in [0.25, 0.3) is 0 Å². The summed E-state index contributed by atoms with van der Waals surface area (Å²) in [6, 6.07) is 14.0. The molecule has 2 heterocycles. The molecule has 2 amide bonds. The van der Waals surface area contributed by atoms with Crippen molar-refractivity contribution in [2.24, 2.45) is 11.8 Å². The Morgan fingerprint density at radius 2 is 1.69 bits per heavy atom. The van der Waals surface area contributed by atoms with Crippen molar-refractivity contribution < 1.29 is 19.1 Å². The SMILES string of the molecule is COc1ccc(OC)c(C2CN(C(=O)C3CC3)CC2C(=O)N2CCc3ccccc3C2)c1. The Kier molecular flexibility index (Phi) is 5.53. The molecule has 5 rings (SSSR count).